The van der Waals surface area contributed by atoms with E-state index in [-0.39, 0.29) is 11.8 Å². The number of halogens is 1. The summed E-state index contributed by atoms with van der Waals surface area (Å²) in [6.07, 6.45) is 3.68. The van der Waals surface area contributed by atoms with Crippen molar-refractivity contribution in [2.75, 3.05) is 39.3 Å². The molecule has 22 heavy (non-hydrogen) atoms. The minimum absolute atomic E-state index is 0.0426. The fraction of sp³-hybridized carbons (Fsp3) is 0.600. The molecule has 2 heterocycles. The third-order valence-corrected chi connectivity index (χ3v) is 3.98. The topological polar surface area (TPSA) is 68.4 Å². The second-order valence-corrected chi connectivity index (χ2v) is 5.94. The van der Waals surface area contributed by atoms with Crippen molar-refractivity contribution in [2.24, 2.45) is 0 Å². The summed E-state index contributed by atoms with van der Waals surface area (Å²) < 4.78 is 0. The monoisotopic (exact) mass is 326 g/mol. The van der Waals surface area contributed by atoms with Crippen molar-refractivity contribution >= 4 is 23.4 Å². The number of carbonyl (C=O) groups excluding carboxylic acids is 2. The minimum atomic E-state index is -0.0426. The van der Waals surface area contributed by atoms with Crippen molar-refractivity contribution in [1.82, 2.24) is 20.1 Å². The average Bonchev–Trinajstić information content (AvgIpc) is 2.94. The zero-order chi connectivity index (χ0) is 15.9. The number of hydrogen-bond acceptors (Lipinski definition) is 3. The number of nitrogens with one attached hydrogen (secondary N) is 2. The first-order valence-electron chi connectivity index (χ1n) is 7.72. The predicted molar refractivity (Wildman–Crippen MR) is 86.1 cm³/mol. The van der Waals surface area contributed by atoms with E-state index in [2.05, 4.69) is 22.1 Å². The van der Waals surface area contributed by atoms with Crippen LogP contribution in [0.15, 0.2) is 12.3 Å². The summed E-state index contributed by atoms with van der Waals surface area (Å²) in [7, 11) is 0. The maximum absolute atomic E-state index is 12.3. The molecule has 2 N–H and O–H groups in total. The van der Waals surface area contributed by atoms with Crippen molar-refractivity contribution in [3.05, 3.63) is 23.0 Å². The van der Waals surface area contributed by atoms with Crippen molar-refractivity contribution in [3.8, 4) is 0 Å². The van der Waals surface area contributed by atoms with Gasteiger partial charge in [-0.1, -0.05) is 24.9 Å². The minimum Gasteiger partial charge on any atom is -0.356 e. The number of H-pyrrole nitrogens is 1. The third-order valence-electron chi connectivity index (χ3n) is 3.76. The number of rotatable bonds is 6. The van der Waals surface area contributed by atoms with Crippen LogP contribution >= 0.6 is 11.6 Å². The van der Waals surface area contributed by atoms with Crippen molar-refractivity contribution < 1.29 is 9.59 Å². The molecule has 0 aliphatic carbocycles. The Balaban J connectivity index is 1.73. The molecule has 7 heteroatoms. The Bertz CT molecular complexity index is 509. The Kier molecular flexibility index (Phi) is 6.27. The molecule has 0 unspecified atom stereocenters. The van der Waals surface area contributed by atoms with Gasteiger partial charge >= 0.3 is 0 Å². The lowest BCUT2D eigenvalue weighted by Gasteiger charge is -2.34. The molecule has 0 atom stereocenters. The third kappa shape index (κ3) is 4.74. The molecule has 0 saturated carbocycles. The number of aromatic amines is 1. The number of amides is 2. The second kappa shape index (κ2) is 8.19. The second-order valence-electron chi connectivity index (χ2n) is 5.50. The molecule has 2 rings (SSSR count). The van der Waals surface area contributed by atoms with Crippen LogP contribution in [0.2, 0.25) is 5.02 Å². The molecule has 1 aliphatic heterocycles. The highest BCUT2D eigenvalue weighted by atomic mass is 35.5. The van der Waals surface area contributed by atoms with Crippen LogP contribution in [-0.2, 0) is 4.79 Å². The standard InChI is InChI=1S/C15H23ClN4O2/c1-2-3-4-17-14(21)11-19-5-7-20(8-6-19)15(22)13-9-12(16)10-18-13/h9-10,18H,2-8,11H2,1H3,(H,17,21). The lowest BCUT2D eigenvalue weighted by Crippen LogP contribution is -2.51. The molecule has 2 amide bonds. The fourth-order valence-corrected chi connectivity index (χ4v) is 2.60. The molecular weight excluding hydrogens is 304 g/mol. The lowest BCUT2D eigenvalue weighted by molar-refractivity contribution is -0.122. The van der Waals surface area contributed by atoms with E-state index in [0.717, 1.165) is 19.4 Å². The summed E-state index contributed by atoms with van der Waals surface area (Å²) >= 11 is 5.82. The van der Waals surface area contributed by atoms with Crippen molar-refractivity contribution in [2.45, 2.75) is 19.8 Å². The average molecular weight is 327 g/mol. The van der Waals surface area contributed by atoms with Crippen LogP contribution < -0.4 is 5.32 Å². The Morgan fingerprint density at radius 1 is 1.32 bits per heavy atom. The van der Waals surface area contributed by atoms with E-state index in [9.17, 15) is 9.59 Å². The molecule has 1 aromatic heterocycles. The molecule has 122 valence electrons. The smallest absolute Gasteiger partial charge is 0.270 e. The van der Waals surface area contributed by atoms with Gasteiger partial charge in [-0.05, 0) is 12.5 Å². The van der Waals surface area contributed by atoms with E-state index in [0.29, 0.717) is 43.4 Å². The molecule has 0 radical (unpaired) electrons. The van der Waals surface area contributed by atoms with E-state index in [1.54, 1.807) is 17.2 Å². The summed E-state index contributed by atoms with van der Waals surface area (Å²) in [5.74, 6) is 0.0170. The Morgan fingerprint density at radius 3 is 2.64 bits per heavy atom. The van der Waals surface area contributed by atoms with E-state index in [1.807, 2.05) is 0 Å². The van der Waals surface area contributed by atoms with Gasteiger partial charge in [0.1, 0.15) is 5.69 Å². The quantitative estimate of drug-likeness (QED) is 0.775. The van der Waals surface area contributed by atoms with E-state index < -0.39 is 0 Å². The largest absolute Gasteiger partial charge is 0.356 e. The van der Waals surface area contributed by atoms with Crippen LogP contribution in [0, 0.1) is 0 Å². The Labute approximate surface area is 135 Å². The van der Waals surface area contributed by atoms with Gasteiger partial charge in [0, 0.05) is 38.9 Å². The number of carbonyl (C=O) groups is 2. The summed E-state index contributed by atoms with van der Waals surface area (Å²) in [5.41, 5.74) is 0.510. The van der Waals surface area contributed by atoms with Crippen molar-refractivity contribution in [1.29, 1.82) is 0 Å². The highest BCUT2D eigenvalue weighted by molar-refractivity contribution is 6.30. The molecule has 1 saturated heterocycles. The highest BCUT2D eigenvalue weighted by Gasteiger charge is 2.23. The van der Waals surface area contributed by atoms with Crippen molar-refractivity contribution in [3.63, 3.8) is 0 Å². The van der Waals surface area contributed by atoms with Crippen LogP contribution in [0.5, 0.6) is 0 Å². The number of nitrogens with zero attached hydrogens (tertiary/aromatic N) is 2. The van der Waals surface area contributed by atoms with Gasteiger partial charge in [0.15, 0.2) is 0 Å². The SMILES string of the molecule is CCCCNC(=O)CN1CCN(C(=O)c2cc(Cl)c[nH]2)CC1. The number of piperazine rings is 1. The van der Waals surface area contributed by atoms with E-state index >= 15 is 0 Å². The lowest BCUT2D eigenvalue weighted by atomic mass is 10.2. The van der Waals surface area contributed by atoms with Crippen LogP contribution in [0.3, 0.4) is 0 Å². The molecule has 1 aliphatic rings. The molecular formula is C15H23ClN4O2. The molecule has 0 aromatic carbocycles. The number of aromatic nitrogens is 1. The molecule has 0 spiro atoms. The zero-order valence-corrected chi connectivity index (χ0v) is 13.7. The maximum atomic E-state index is 12.3. The van der Waals surface area contributed by atoms with Gasteiger partial charge in [0.2, 0.25) is 5.91 Å². The van der Waals surface area contributed by atoms with Gasteiger partial charge in [0.25, 0.3) is 5.91 Å². The predicted octanol–water partition coefficient (Wildman–Crippen LogP) is 1.34. The van der Waals surface area contributed by atoms with Gasteiger partial charge in [-0.15, -0.1) is 0 Å². The van der Waals surface area contributed by atoms with Gasteiger partial charge in [0.05, 0.1) is 11.6 Å². The first-order valence-corrected chi connectivity index (χ1v) is 8.10. The maximum Gasteiger partial charge on any atom is 0.270 e. The zero-order valence-electron chi connectivity index (χ0n) is 12.9. The molecule has 1 aromatic rings. The summed E-state index contributed by atoms with van der Waals surface area (Å²) in [6, 6.07) is 1.64. The van der Waals surface area contributed by atoms with Gasteiger partial charge in [-0.2, -0.15) is 0 Å². The van der Waals surface area contributed by atoms with E-state index in [4.69, 9.17) is 11.6 Å². The first-order chi connectivity index (χ1) is 10.6. The summed E-state index contributed by atoms with van der Waals surface area (Å²) in [5, 5.41) is 3.45. The summed E-state index contributed by atoms with van der Waals surface area (Å²) in [6.45, 7) is 5.90. The normalized spacial score (nSPS) is 15.8. The van der Waals surface area contributed by atoms with Crippen LogP contribution in [0.1, 0.15) is 30.3 Å². The Morgan fingerprint density at radius 2 is 2.05 bits per heavy atom. The summed E-state index contributed by atoms with van der Waals surface area (Å²) in [4.78, 5) is 30.8. The Hall–Kier alpha value is -1.53. The first kappa shape index (κ1) is 16.8. The molecule has 1 fully saturated rings. The molecule has 6 nitrogen and oxygen atoms in total. The molecule has 0 bridgehead atoms. The van der Waals surface area contributed by atoms with Gasteiger partial charge < -0.3 is 15.2 Å². The highest BCUT2D eigenvalue weighted by Crippen LogP contribution is 2.13. The van der Waals surface area contributed by atoms with Crippen LogP contribution in [-0.4, -0.2) is 65.9 Å². The number of hydrogen-bond donors (Lipinski definition) is 2. The van der Waals surface area contributed by atoms with Crippen LogP contribution in [0.4, 0.5) is 0 Å². The van der Waals surface area contributed by atoms with Crippen LogP contribution in [0.25, 0.3) is 0 Å². The van der Waals surface area contributed by atoms with Gasteiger partial charge in [-0.3, -0.25) is 14.5 Å². The van der Waals surface area contributed by atoms with Gasteiger partial charge in [-0.25, -0.2) is 0 Å². The fourth-order valence-electron chi connectivity index (χ4n) is 2.43. The van der Waals surface area contributed by atoms with E-state index in [1.165, 1.54) is 0 Å². The number of unbranched alkanes of at least 4 members (excludes halogenated alkanes) is 1.